The first-order valence-electron chi connectivity index (χ1n) is 9.23. The van der Waals surface area contributed by atoms with Crippen LogP contribution in [0.4, 0.5) is 15.8 Å². The molecule has 0 bridgehead atoms. The van der Waals surface area contributed by atoms with Gasteiger partial charge in [-0.2, -0.15) is 0 Å². The maximum atomic E-state index is 13.3. The Bertz CT molecular complexity index is 1090. The van der Waals surface area contributed by atoms with Crippen LogP contribution in [0.1, 0.15) is 22.8 Å². The summed E-state index contributed by atoms with van der Waals surface area (Å²) in [6.07, 6.45) is -0.732. The molecule has 3 aromatic carbocycles. The van der Waals surface area contributed by atoms with Gasteiger partial charge in [0.15, 0.2) is 6.10 Å². The molecule has 0 saturated carbocycles. The minimum absolute atomic E-state index is 0.0866. The molecule has 154 valence electrons. The maximum Gasteiger partial charge on any atom is 0.265 e. The van der Waals surface area contributed by atoms with Gasteiger partial charge in [-0.3, -0.25) is 9.59 Å². The van der Waals surface area contributed by atoms with Gasteiger partial charge in [0.2, 0.25) is 0 Å². The lowest BCUT2D eigenvalue weighted by Crippen LogP contribution is -2.30. The molecule has 0 heterocycles. The zero-order chi connectivity index (χ0) is 21.7. The van der Waals surface area contributed by atoms with Crippen LogP contribution in [0.5, 0.6) is 5.75 Å². The van der Waals surface area contributed by atoms with Crippen molar-refractivity contribution in [2.24, 2.45) is 0 Å². The van der Waals surface area contributed by atoms with Crippen LogP contribution in [-0.2, 0) is 4.79 Å². The molecule has 7 heteroatoms. The molecule has 0 spiro atoms. The average molecular weight is 427 g/mol. The van der Waals surface area contributed by atoms with E-state index < -0.39 is 17.8 Å². The van der Waals surface area contributed by atoms with Crippen LogP contribution in [0.15, 0.2) is 66.7 Å². The minimum atomic E-state index is -0.732. The fourth-order valence-corrected chi connectivity index (χ4v) is 2.87. The molecule has 2 N–H and O–H groups in total. The second kappa shape index (κ2) is 9.41. The predicted octanol–water partition coefficient (Wildman–Crippen LogP) is 5.45. The lowest BCUT2D eigenvalue weighted by molar-refractivity contribution is -0.122. The first-order chi connectivity index (χ1) is 14.3. The van der Waals surface area contributed by atoms with E-state index in [1.165, 1.54) is 18.2 Å². The van der Waals surface area contributed by atoms with Gasteiger partial charge >= 0.3 is 0 Å². The number of hydrogen-bond acceptors (Lipinski definition) is 3. The predicted molar refractivity (Wildman–Crippen MR) is 116 cm³/mol. The van der Waals surface area contributed by atoms with Crippen molar-refractivity contribution in [3.63, 3.8) is 0 Å². The van der Waals surface area contributed by atoms with Crippen LogP contribution in [0, 0.1) is 12.7 Å². The molecule has 3 rings (SSSR count). The van der Waals surface area contributed by atoms with E-state index in [0.717, 1.165) is 5.56 Å². The number of hydrogen-bond donors (Lipinski definition) is 2. The van der Waals surface area contributed by atoms with Crippen molar-refractivity contribution >= 4 is 34.8 Å². The van der Waals surface area contributed by atoms with Gasteiger partial charge in [0.05, 0.1) is 5.02 Å². The summed E-state index contributed by atoms with van der Waals surface area (Å²) in [7, 11) is 0. The third-order valence-electron chi connectivity index (χ3n) is 4.34. The number of amides is 2. The highest BCUT2D eigenvalue weighted by atomic mass is 35.5. The van der Waals surface area contributed by atoms with Crippen molar-refractivity contribution in [3.8, 4) is 5.75 Å². The molecule has 1 unspecified atom stereocenters. The number of benzene rings is 3. The Morgan fingerprint density at radius 2 is 1.70 bits per heavy atom. The molecule has 1 atom stereocenters. The van der Waals surface area contributed by atoms with Crippen molar-refractivity contribution in [1.82, 2.24) is 0 Å². The smallest absolute Gasteiger partial charge is 0.265 e. The topological polar surface area (TPSA) is 67.4 Å². The summed E-state index contributed by atoms with van der Waals surface area (Å²) in [6.45, 7) is 3.55. The zero-order valence-electron chi connectivity index (χ0n) is 16.4. The number of ether oxygens (including phenoxy) is 1. The molecule has 0 radical (unpaired) electrons. The summed E-state index contributed by atoms with van der Waals surface area (Å²) in [4.78, 5) is 25.0. The summed E-state index contributed by atoms with van der Waals surface area (Å²) in [5.41, 5.74) is 2.06. The van der Waals surface area contributed by atoms with Gasteiger partial charge in [-0.15, -0.1) is 0 Å². The number of rotatable bonds is 6. The Balaban J connectivity index is 1.65. The molecule has 0 aromatic heterocycles. The van der Waals surface area contributed by atoms with Gasteiger partial charge in [0.1, 0.15) is 11.6 Å². The molecule has 30 heavy (non-hydrogen) atoms. The number of nitrogens with one attached hydrogen (secondary N) is 2. The molecule has 5 nitrogen and oxygen atoms in total. The molecule has 0 aliphatic heterocycles. The van der Waals surface area contributed by atoms with E-state index in [1.807, 2.05) is 25.1 Å². The van der Waals surface area contributed by atoms with Crippen molar-refractivity contribution in [1.29, 1.82) is 0 Å². The van der Waals surface area contributed by atoms with Crippen LogP contribution in [-0.4, -0.2) is 17.9 Å². The van der Waals surface area contributed by atoms with E-state index in [0.29, 0.717) is 22.7 Å². The van der Waals surface area contributed by atoms with Crippen molar-refractivity contribution in [2.45, 2.75) is 20.0 Å². The monoisotopic (exact) mass is 426 g/mol. The third kappa shape index (κ3) is 5.36. The van der Waals surface area contributed by atoms with Crippen molar-refractivity contribution < 1.29 is 18.7 Å². The zero-order valence-corrected chi connectivity index (χ0v) is 17.2. The molecule has 0 fully saturated rings. The number of carbonyl (C=O) groups excluding carboxylic acids is 2. The van der Waals surface area contributed by atoms with Gasteiger partial charge in [-0.25, -0.2) is 4.39 Å². The number of aryl methyl sites for hydroxylation is 1. The van der Waals surface area contributed by atoms with Crippen LogP contribution in [0.25, 0.3) is 0 Å². The summed E-state index contributed by atoms with van der Waals surface area (Å²) < 4.78 is 19.0. The van der Waals surface area contributed by atoms with Gasteiger partial charge in [-0.1, -0.05) is 35.9 Å². The van der Waals surface area contributed by atoms with E-state index >= 15 is 0 Å². The number of anilines is 2. The molecule has 0 saturated heterocycles. The number of para-hydroxylation sites is 1. The molecular weight excluding hydrogens is 407 g/mol. The fourth-order valence-electron chi connectivity index (χ4n) is 2.69. The molecule has 2 amide bonds. The summed E-state index contributed by atoms with van der Waals surface area (Å²) in [5.74, 6) is -0.702. The standard InChI is InChI=1S/C23H20ClFN2O3/c1-14-6-3-4-9-21(14)30-15(2)22(28)26-17-8-5-7-16(12-17)23(29)27-18-10-11-20(25)19(24)13-18/h3-13,15H,1-2H3,(H,26,28)(H,27,29). The molecule has 0 aliphatic rings. The summed E-state index contributed by atoms with van der Waals surface area (Å²) >= 11 is 5.74. The largest absolute Gasteiger partial charge is 0.481 e. The highest BCUT2D eigenvalue weighted by molar-refractivity contribution is 6.31. The van der Waals surface area contributed by atoms with E-state index in [2.05, 4.69) is 10.6 Å². The van der Waals surface area contributed by atoms with E-state index in [4.69, 9.17) is 16.3 Å². The Labute approximate surface area is 178 Å². The summed E-state index contributed by atoms with van der Waals surface area (Å²) in [5, 5.41) is 5.30. The van der Waals surface area contributed by atoms with Crippen LogP contribution >= 0.6 is 11.6 Å². The highest BCUT2D eigenvalue weighted by Gasteiger charge is 2.16. The Morgan fingerprint density at radius 1 is 0.967 bits per heavy atom. The number of halogens is 2. The second-order valence-corrected chi connectivity index (χ2v) is 7.09. The molecular formula is C23H20ClFN2O3. The van der Waals surface area contributed by atoms with Crippen LogP contribution < -0.4 is 15.4 Å². The third-order valence-corrected chi connectivity index (χ3v) is 4.63. The Kier molecular flexibility index (Phi) is 6.69. The summed E-state index contributed by atoms with van der Waals surface area (Å²) in [6, 6.07) is 17.8. The minimum Gasteiger partial charge on any atom is -0.481 e. The average Bonchev–Trinajstić information content (AvgIpc) is 2.72. The van der Waals surface area contributed by atoms with Crippen LogP contribution in [0.3, 0.4) is 0 Å². The SMILES string of the molecule is Cc1ccccc1OC(C)C(=O)Nc1cccc(C(=O)Nc2ccc(F)c(Cl)c2)c1. The molecule has 3 aromatic rings. The van der Waals surface area contributed by atoms with E-state index in [-0.39, 0.29) is 10.9 Å². The lowest BCUT2D eigenvalue weighted by Gasteiger charge is -2.16. The highest BCUT2D eigenvalue weighted by Crippen LogP contribution is 2.21. The van der Waals surface area contributed by atoms with Crippen LogP contribution in [0.2, 0.25) is 5.02 Å². The van der Waals surface area contributed by atoms with Crippen molar-refractivity contribution in [3.05, 3.63) is 88.7 Å². The van der Waals surface area contributed by atoms with Gasteiger partial charge < -0.3 is 15.4 Å². The fraction of sp³-hybridized carbons (Fsp3) is 0.130. The number of carbonyl (C=O) groups is 2. The lowest BCUT2D eigenvalue weighted by atomic mass is 10.1. The second-order valence-electron chi connectivity index (χ2n) is 6.68. The van der Waals surface area contributed by atoms with Gasteiger partial charge in [0.25, 0.3) is 11.8 Å². The first kappa shape index (κ1) is 21.3. The quantitative estimate of drug-likeness (QED) is 0.551. The Hall–Kier alpha value is -3.38. The Morgan fingerprint density at radius 3 is 2.43 bits per heavy atom. The van der Waals surface area contributed by atoms with Crippen molar-refractivity contribution in [2.75, 3.05) is 10.6 Å². The van der Waals surface area contributed by atoms with Gasteiger partial charge in [-0.05, 0) is 61.9 Å². The van der Waals surface area contributed by atoms with Gasteiger partial charge in [0, 0.05) is 16.9 Å². The van der Waals surface area contributed by atoms with E-state index in [9.17, 15) is 14.0 Å². The maximum absolute atomic E-state index is 13.3. The normalized spacial score (nSPS) is 11.5. The first-order valence-corrected chi connectivity index (χ1v) is 9.61. The molecule has 0 aliphatic carbocycles. The van der Waals surface area contributed by atoms with E-state index in [1.54, 1.807) is 37.3 Å².